The first-order valence-electron chi connectivity index (χ1n) is 11.0. The fourth-order valence-corrected chi connectivity index (χ4v) is 4.01. The number of H-pyrrole nitrogens is 1. The Morgan fingerprint density at radius 3 is 2.58 bits per heavy atom. The van der Waals surface area contributed by atoms with Gasteiger partial charge in [0.1, 0.15) is 11.4 Å². The number of anilines is 2. The molecule has 1 saturated heterocycles. The van der Waals surface area contributed by atoms with E-state index < -0.39 is 0 Å². The van der Waals surface area contributed by atoms with E-state index in [2.05, 4.69) is 25.4 Å². The number of para-hydroxylation sites is 2. The van der Waals surface area contributed by atoms with Crippen molar-refractivity contribution in [2.24, 2.45) is 0 Å². The highest BCUT2D eigenvalue weighted by atomic mass is 16.5. The van der Waals surface area contributed by atoms with E-state index in [1.807, 2.05) is 54.6 Å². The van der Waals surface area contributed by atoms with Gasteiger partial charge in [0.15, 0.2) is 0 Å². The van der Waals surface area contributed by atoms with Crippen LogP contribution in [0.3, 0.4) is 0 Å². The molecular weight excluding hydrogens is 418 g/mol. The SMILES string of the molecule is COc1ccccc1-c1nn(-c2ccccc2)cc1C(=O)Nc1nc(N2CCCCC2)n[nH]1. The Hall–Kier alpha value is -4.14. The van der Waals surface area contributed by atoms with Gasteiger partial charge in [-0.1, -0.05) is 30.3 Å². The molecule has 0 unspecified atom stereocenters. The number of nitrogens with zero attached hydrogens (tertiary/aromatic N) is 5. The third-order valence-electron chi connectivity index (χ3n) is 5.69. The van der Waals surface area contributed by atoms with Gasteiger partial charge < -0.3 is 9.64 Å². The largest absolute Gasteiger partial charge is 0.496 e. The molecule has 0 atom stereocenters. The number of rotatable bonds is 6. The summed E-state index contributed by atoms with van der Waals surface area (Å²) in [5.41, 5.74) is 2.50. The first-order valence-corrected chi connectivity index (χ1v) is 11.0. The second-order valence-electron chi connectivity index (χ2n) is 7.86. The lowest BCUT2D eigenvalue weighted by Crippen LogP contribution is -2.30. The quantitative estimate of drug-likeness (QED) is 0.469. The molecule has 2 N–H and O–H groups in total. The van der Waals surface area contributed by atoms with Crippen molar-refractivity contribution in [3.63, 3.8) is 0 Å². The highest BCUT2D eigenvalue weighted by Gasteiger charge is 2.23. The molecule has 1 fully saturated rings. The maximum absolute atomic E-state index is 13.3. The van der Waals surface area contributed by atoms with Crippen LogP contribution in [-0.2, 0) is 0 Å². The minimum Gasteiger partial charge on any atom is -0.496 e. The van der Waals surface area contributed by atoms with Crippen molar-refractivity contribution in [1.82, 2.24) is 25.0 Å². The Labute approximate surface area is 191 Å². The van der Waals surface area contributed by atoms with Gasteiger partial charge in [0, 0.05) is 24.8 Å². The number of hydrogen-bond acceptors (Lipinski definition) is 6. The number of piperidine rings is 1. The summed E-state index contributed by atoms with van der Waals surface area (Å²) >= 11 is 0. The second-order valence-corrected chi connectivity index (χ2v) is 7.86. The summed E-state index contributed by atoms with van der Waals surface area (Å²) < 4.78 is 7.21. The molecule has 33 heavy (non-hydrogen) atoms. The molecule has 0 aliphatic carbocycles. The van der Waals surface area contributed by atoms with Crippen molar-refractivity contribution in [3.8, 4) is 22.7 Å². The molecule has 2 aromatic heterocycles. The van der Waals surface area contributed by atoms with E-state index in [1.165, 1.54) is 6.42 Å². The van der Waals surface area contributed by atoms with Crippen LogP contribution in [0.4, 0.5) is 11.9 Å². The van der Waals surface area contributed by atoms with Crippen molar-refractivity contribution < 1.29 is 9.53 Å². The number of aromatic amines is 1. The highest BCUT2D eigenvalue weighted by molar-refractivity contribution is 6.07. The van der Waals surface area contributed by atoms with Crippen LogP contribution in [0.25, 0.3) is 16.9 Å². The summed E-state index contributed by atoms with van der Waals surface area (Å²) in [4.78, 5) is 19.9. The lowest BCUT2D eigenvalue weighted by molar-refractivity contribution is 0.102. The number of nitrogens with one attached hydrogen (secondary N) is 2. The number of carbonyl (C=O) groups excluding carboxylic acids is 1. The van der Waals surface area contributed by atoms with E-state index in [1.54, 1.807) is 18.0 Å². The van der Waals surface area contributed by atoms with Gasteiger partial charge in [-0.2, -0.15) is 10.1 Å². The molecular formula is C24H25N7O2. The van der Waals surface area contributed by atoms with Crippen LogP contribution in [0.5, 0.6) is 5.75 Å². The first-order chi connectivity index (χ1) is 16.2. The number of benzene rings is 2. The van der Waals surface area contributed by atoms with Crippen LogP contribution in [0.1, 0.15) is 29.6 Å². The van der Waals surface area contributed by atoms with Gasteiger partial charge in [0.05, 0.1) is 18.4 Å². The topological polar surface area (TPSA) is 101 Å². The summed E-state index contributed by atoms with van der Waals surface area (Å²) in [5.74, 6) is 1.21. The predicted octanol–water partition coefficient (Wildman–Crippen LogP) is 3.91. The summed E-state index contributed by atoms with van der Waals surface area (Å²) in [5, 5.41) is 14.7. The Morgan fingerprint density at radius 1 is 1.03 bits per heavy atom. The number of methoxy groups -OCH3 is 1. The smallest absolute Gasteiger partial charge is 0.261 e. The van der Waals surface area contributed by atoms with Gasteiger partial charge >= 0.3 is 0 Å². The maximum Gasteiger partial charge on any atom is 0.261 e. The van der Waals surface area contributed by atoms with Crippen LogP contribution in [0, 0.1) is 0 Å². The normalized spacial score (nSPS) is 13.7. The van der Waals surface area contributed by atoms with Crippen molar-refractivity contribution in [1.29, 1.82) is 0 Å². The van der Waals surface area contributed by atoms with Crippen LogP contribution in [-0.4, -0.2) is 51.1 Å². The van der Waals surface area contributed by atoms with Crippen molar-refractivity contribution in [2.45, 2.75) is 19.3 Å². The molecule has 0 spiro atoms. The Morgan fingerprint density at radius 2 is 1.79 bits per heavy atom. The van der Waals surface area contributed by atoms with Crippen molar-refractivity contribution in [3.05, 3.63) is 66.4 Å². The minimum absolute atomic E-state index is 0.305. The van der Waals surface area contributed by atoms with Gasteiger partial charge in [0.25, 0.3) is 5.91 Å². The van der Waals surface area contributed by atoms with Crippen LogP contribution in [0.2, 0.25) is 0 Å². The maximum atomic E-state index is 13.3. The molecule has 1 amide bonds. The monoisotopic (exact) mass is 443 g/mol. The standard InChI is InChI=1S/C24H25N7O2/c1-33-20-13-7-6-12-18(20)21-19(16-31(29-21)17-10-4-2-5-11-17)22(32)25-23-26-24(28-27-23)30-14-8-3-9-15-30/h2,4-7,10-13,16H,3,8-9,14-15H2,1H3,(H2,25,26,27,28,32). The minimum atomic E-state index is -0.334. The molecule has 3 heterocycles. The molecule has 2 aromatic carbocycles. The first kappa shape index (κ1) is 20.7. The summed E-state index contributed by atoms with van der Waals surface area (Å²) in [6.45, 7) is 1.85. The molecule has 0 saturated carbocycles. The zero-order valence-electron chi connectivity index (χ0n) is 18.4. The van der Waals surface area contributed by atoms with E-state index in [0.29, 0.717) is 28.9 Å². The number of aromatic nitrogens is 5. The molecule has 4 aromatic rings. The van der Waals surface area contributed by atoms with Crippen molar-refractivity contribution >= 4 is 17.8 Å². The van der Waals surface area contributed by atoms with Crippen LogP contribution < -0.4 is 15.0 Å². The molecule has 9 heteroatoms. The van der Waals surface area contributed by atoms with Crippen LogP contribution in [0.15, 0.2) is 60.8 Å². The van der Waals surface area contributed by atoms with Crippen molar-refractivity contribution in [2.75, 3.05) is 30.4 Å². The van der Waals surface area contributed by atoms with E-state index in [9.17, 15) is 4.79 Å². The van der Waals surface area contributed by atoms with E-state index in [-0.39, 0.29) is 5.91 Å². The fraction of sp³-hybridized carbons (Fsp3) is 0.250. The molecule has 9 nitrogen and oxygen atoms in total. The van der Waals surface area contributed by atoms with Gasteiger partial charge in [-0.3, -0.25) is 10.1 Å². The molecule has 5 rings (SSSR count). The summed E-state index contributed by atoms with van der Waals surface area (Å²) in [6, 6.07) is 17.2. The third kappa shape index (κ3) is 4.30. The third-order valence-corrected chi connectivity index (χ3v) is 5.69. The fourth-order valence-electron chi connectivity index (χ4n) is 4.01. The Bertz CT molecular complexity index is 1240. The predicted molar refractivity (Wildman–Crippen MR) is 126 cm³/mol. The summed E-state index contributed by atoms with van der Waals surface area (Å²) in [6.07, 6.45) is 5.18. The molecule has 0 bridgehead atoms. The molecule has 0 radical (unpaired) electrons. The second kappa shape index (κ2) is 9.15. The lowest BCUT2D eigenvalue weighted by atomic mass is 10.1. The average molecular weight is 444 g/mol. The molecule has 1 aliphatic heterocycles. The molecule has 168 valence electrons. The molecule has 1 aliphatic rings. The van der Waals surface area contributed by atoms with Gasteiger partial charge in [0.2, 0.25) is 11.9 Å². The number of hydrogen-bond donors (Lipinski definition) is 2. The Balaban J connectivity index is 1.48. The number of amides is 1. The average Bonchev–Trinajstić information content (AvgIpc) is 3.53. The van der Waals surface area contributed by atoms with Gasteiger partial charge in [-0.05, 0) is 43.5 Å². The highest BCUT2D eigenvalue weighted by Crippen LogP contribution is 2.32. The number of ether oxygens (including phenoxy) is 1. The van der Waals surface area contributed by atoms with E-state index in [4.69, 9.17) is 9.84 Å². The lowest BCUT2D eigenvalue weighted by Gasteiger charge is -2.24. The van der Waals surface area contributed by atoms with Crippen LogP contribution >= 0.6 is 0 Å². The summed E-state index contributed by atoms with van der Waals surface area (Å²) in [7, 11) is 1.60. The zero-order chi connectivity index (χ0) is 22.6. The number of carbonyl (C=O) groups is 1. The van der Waals surface area contributed by atoms with Gasteiger partial charge in [-0.25, -0.2) is 9.78 Å². The Kier molecular flexibility index (Phi) is 5.75. The van der Waals surface area contributed by atoms with Gasteiger partial charge in [-0.15, -0.1) is 5.10 Å². The van der Waals surface area contributed by atoms with E-state index >= 15 is 0 Å². The van der Waals surface area contributed by atoms with E-state index in [0.717, 1.165) is 37.2 Å². The zero-order valence-corrected chi connectivity index (χ0v) is 18.4.